The first-order chi connectivity index (χ1) is 14.6. The van der Waals surface area contributed by atoms with Crippen LogP contribution in [0.25, 0.3) is 11.3 Å². The van der Waals surface area contributed by atoms with E-state index in [4.69, 9.17) is 10.7 Å². The van der Waals surface area contributed by atoms with Crippen molar-refractivity contribution in [2.75, 3.05) is 0 Å². The van der Waals surface area contributed by atoms with E-state index in [2.05, 4.69) is 21.5 Å². The first-order valence-electron chi connectivity index (χ1n) is 9.71. The second-order valence-corrected chi connectivity index (χ2v) is 7.37. The molecule has 0 bridgehead atoms. The van der Waals surface area contributed by atoms with E-state index in [1.54, 1.807) is 15.6 Å². The summed E-state index contributed by atoms with van der Waals surface area (Å²) in [6.45, 7) is 1.12. The zero-order valence-corrected chi connectivity index (χ0v) is 16.5. The van der Waals surface area contributed by atoms with Crippen LogP contribution in [0.4, 0.5) is 5.69 Å². The van der Waals surface area contributed by atoms with E-state index < -0.39 is 0 Å². The van der Waals surface area contributed by atoms with Gasteiger partial charge >= 0.3 is 0 Å². The van der Waals surface area contributed by atoms with Gasteiger partial charge in [0, 0.05) is 31.8 Å². The van der Waals surface area contributed by atoms with Crippen LogP contribution in [0.2, 0.25) is 0 Å². The van der Waals surface area contributed by atoms with Gasteiger partial charge in [-0.15, -0.1) is 5.10 Å². The number of aryl methyl sites for hydroxylation is 1. The second-order valence-electron chi connectivity index (χ2n) is 7.37. The average molecular weight is 399 g/mol. The highest BCUT2D eigenvalue weighted by atomic mass is 16.3. The Morgan fingerprint density at radius 2 is 1.90 bits per heavy atom. The summed E-state index contributed by atoms with van der Waals surface area (Å²) in [6, 6.07) is 14.0. The van der Waals surface area contributed by atoms with Crippen LogP contribution in [-0.2, 0) is 26.6 Å². The van der Waals surface area contributed by atoms with Crippen molar-refractivity contribution in [2.45, 2.75) is 19.5 Å². The Morgan fingerprint density at radius 3 is 2.63 bits per heavy atom. The summed E-state index contributed by atoms with van der Waals surface area (Å²) in [5.41, 5.74) is 12.7. The topological polar surface area (TPSA) is 107 Å². The monoisotopic (exact) mass is 399 g/mol. The van der Waals surface area contributed by atoms with Crippen LogP contribution in [-0.4, -0.2) is 35.6 Å². The fourth-order valence-corrected chi connectivity index (χ4v) is 3.79. The van der Waals surface area contributed by atoms with E-state index in [0.29, 0.717) is 30.9 Å². The summed E-state index contributed by atoms with van der Waals surface area (Å²) in [4.78, 5) is 4.74. The number of aromatic nitrogens is 5. The molecule has 0 unspecified atom stereocenters. The fraction of sp³-hybridized carbons (Fsp3) is 0.182. The molecular formula is C22H21N7O. The maximum Gasteiger partial charge on any atom is 0.171 e. The van der Waals surface area contributed by atoms with Crippen molar-refractivity contribution in [2.24, 2.45) is 17.8 Å². The summed E-state index contributed by atoms with van der Waals surface area (Å²) in [5, 5.41) is 23.3. The molecule has 1 aliphatic heterocycles. The predicted molar refractivity (Wildman–Crippen MR) is 114 cm³/mol. The SMILES string of the molecule is Cn1nc(-c2ccc(Cn3ccnn3)cc2)c(O)c1C1=Nc2cc(CN)ccc2C1. The molecule has 3 N–H and O–H groups in total. The lowest BCUT2D eigenvalue weighted by atomic mass is 10.0. The minimum atomic E-state index is 0.145. The van der Waals surface area contributed by atoms with Crippen molar-refractivity contribution in [3.05, 3.63) is 77.2 Å². The van der Waals surface area contributed by atoms with E-state index in [1.807, 2.05) is 49.6 Å². The molecule has 8 nitrogen and oxygen atoms in total. The molecule has 0 radical (unpaired) electrons. The number of hydrogen-bond donors (Lipinski definition) is 2. The third-order valence-corrected chi connectivity index (χ3v) is 5.34. The smallest absolute Gasteiger partial charge is 0.171 e. The lowest BCUT2D eigenvalue weighted by Gasteiger charge is -2.03. The van der Waals surface area contributed by atoms with Gasteiger partial charge < -0.3 is 10.8 Å². The number of fused-ring (bicyclic) bond motifs is 1. The molecular weight excluding hydrogens is 378 g/mol. The van der Waals surface area contributed by atoms with E-state index in [9.17, 15) is 5.11 Å². The molecule has 0 saturated carbocycles. The molecule has 4 aromatic rings. The van der Waals surface area contributed by atoms with Crippen LogP contribution in [0.15, 0.2) is 59.9 Å². The molecule has 150 valence electrons. The molecule has 8 heteroatoms. The molecule has 30 heavy (non-hydrogen) atoms. The number of aromatic hydroxyl groups is 1. The van der Waals surface area contributed by atoms with Gasteiger partial charge in [0.05, 0.1) is 24.1 Å². The lowest BCUT2D eigenvalue weighted by Crippen LogP contribution is -2.08. The highest BCUT2D eigenvalue weighted by molar-refractivity contribution is 6.08. The van der Waals surface area contributed by atoms with Gasteiger partial charge in [-0.25, -0.2) is 4.68 Å². The highest BCUT2D eigenvalue weighted by Crippen LogP contribution is 2.36. The molecule has 0 amide bonds. The fourth-order valence-electron chi connectivity index (χ4n) is 3.79. The minimum Gasteiger partial charge on any atom is -0.504 e. The highest BCUT2D eigenvalue weighted by Gasteiger charge is 2.25. The van der Waals surface area contributed by atoms with Crippen molar-refractivity contribution in [1.82, 2.24) is 24.8 Å². The summed E-state index contributed by atoms with van der Waals surface area (Å²) in [6.07, 6.45) is 4.13. The predicted octanol–water partition coefficient (Wildman–Crippen LogP) is 2.57. The van der Waals surface area contributed by atoms with Gasteiger partial charge in [-0.3, -0.25) is 9.67 Å². The van der Waals surface area contributed by atoms with Crippen molar-refractivity contribution in [3.63, 3.8) is 0 Å². The number of nitrogens with two attached hydrogens (primary N) is 1. The zero-order valence-electron chi connectivity index (χ0n) is 16.5. The average Bonchev–Trinajstić information content (AvgIpc) is 3.47. The molecule has 0 spiro atoms. The normalized spacial score (nSPS) is 12.8. The molecule has 1 aliphatic rings. The number of rotatable bonds is 5. The number of hydrogen-bond acceptors (Lipinski definition) is 6. The molecule has 5 rings (SSSR count). The Balaban J connectivity index is 1.44. The van der Waals surface area contributed by atoms with E-state index in [-0.39, 0.29) is 5.75 Å². The van der Waals surface area contributed by atoms with Crippen LogP contribution in [0, 0.1) is 0 Å². The van der Waals surface area contributed by atoms with Crippen LogP contribution < -0.4 is 5.73 Å². The summed E-state index contributed by atoms with van der Waals surface area (Å²) < 4.78 is 3.46. The standard InChI is InChI=1S/C22H21N7O/c1-28-21(19-11-17-7-4-15(12-23)10-18(17)25-19)22(30)20(26-28)16-5-2-14(3-6-16)13-29-9-8-24-27-29/h2-10,30H,11-13,23H2,1H3. The maximum absolute atomic E-state index is 11.0. The van der Waals surface area contributed by atoms with Crippen LogP contribution >= 0.6 is 0 Å². The number of benzene rings is 2. The van der Waals surface area contributed by atoms with Crippen molar-refractivity contribution >= 4 is 11.4 Å². The Morgan fingerprint density at radius 1 is 1.10 bits per heavy atom. The third kappa shape index (κ3) is 3.17. The first kappa shape index (κ1) is 18.3. The summed E-state index contributed by atoms with van der Waals surface area (Å²) in [7, 11) is 1.83. The van der Waals surface area contributed by atoms with E-state index in [0.717, 1.165) is 33.7 Å². The van der Waals surface area contributed by atoms with Crippen molar-refractivity contribution in [3.8, 4) is 17.0 Å². The quantitative estimate of drug-likeness (QED) is 0.536. The summed E-state index contributed by atoms with van der Waals surface area (Å²) >= 11 is 0. The second kappa shape index (κ2) is 7.23. The first-order valence-corrected chi connectivity index (χ1v) is 9.71. The van der Waals surface area contributed by atoms with E-state index in [1.165, 1.54) is 0 Å². The van der Waals surface area contributed by atoms with Gasteiger partial charge in [0.2, 0.25) is 0 Å². The minimum absolute atomic E-state index is 0.145. The molecule has 2 aromatic carbocycles. The van der Waals surface area contributed by atoms with Crippen molar-refractivity contribution in [1.29, 1.82) is 0 Å². The lowest BCUT2D eigenvalue weighted by molar-refractivity contribution is 0.475. The van der Waals surface area contributed by atoms with Gasteiger partial charge in [0.1, 0.15) is 11.4 Å². The molecule has 0 fully saturated rings. The molecule has 0 saturated heterocycles. The van der Waals surface area contributed by atoms with Gasteiger partial charge in [-0.05, 0) is 22.8 Å². The zero-order chi connectivity index (χ0) is 20.7. The third-order valence-electron chi connectivity index (χ3n) is 5.34. The van der Waals surface area contributed by atoms with Gasteiger partial charge in [0.15, 0.2) is 5.75 Å². The van der Waals surface area contributed by atoms with Crippen LogP contribution in [0.3, 0.4) is 0 Å². The van der Waals surface area contributed by atoms with Gasteiger partial charge in [-0.1, -0.05) is 41.6 Å². The van der Waals surface area contributed by atoms with Crippen LogP contribution in [0.1, 0.15) is 22.4 Å². The molecule has 3 heterocycles. The van der Waals surface area contributed by atoms with Gasteiger partial charge in [0.25, 0.3) is 0 Å². The summed E-state index contributed by atoms with van der Waals surface area (Å²) in [5.74, 6) is 0.145. The maximum atomic E-state index is 11.0. The molecule has 0 aliphatic carbocycles. The van der Waals surface area contributed by atoms with Crippen LogP contribution in [0.5, 0.6) is 5.75 Å². The van der Waals surface area contributed by atoms with E-state index >= 15 is 0 Å². The largest absolute Gasteiger partial charge is 0.504 e. The molecule has 0 atom stereocenters. The Hall–Kier alpha value is -3.78. The Kier molecular flexibility index (Phi) is 4.40. The molecule has 2 aromatic heterocycles. The Labute approximate surface area is 173 Å². The Bertz CT molecular complexity index is 1240. The van der Waals surface area contributed by atoms with Crippen molar-refractivity contribution < 1.29 is 5.11 Å². The number of nitrogens with zero attached hydrogens (tertiary/aromatic N) is 6. The number of aliphatic imine (C=N–C) groups is 1. The van der Waals surface area contributed by atoms with Gasteiger partial charge in [-0.2, -0.15) is 5.10 Å².